The lowest BCUT2D eigenvalue weighted by molar-refractivity contribution is -0.921. The monoisotopic (exact) mass is 509 g/mol. The first kappa shape index (κ1) is 23.8. The fourth-order valence-corrected chi connectivity index (χ4v) is 4.60. The van der Waals surface area contributed by atoms with E-state index in [1.165, 1.54) is 19.4 Å². The van der Waals surface area contributed by atoms with Gasteiger partial charge >= 0.3 is 5.97 Å². The van der Waals surface area contributed by atoms with Crippen LogP contribution in [0.5, 0.6) is 0 Å². The van der Waals surface area contributed by atoms with Crippen molar-refractivity contribution >= 4 is 5.97 Å². The molecule has 158 valence electrons. The molecule has 2 atom stereocenters. The molecular weight excluding hydrogens is 477 g/mol. The lowest BCUT2D eigenvalue weighted by atomic mass is 9.86. The predicted octanol–water partition coefficient (Wildman–Crippen LogP) is 0.879. The van der Waals surface area contributed by atoms with Gasteiger partial charge in [0.1, 0.15) is 0 Å². The van der Waals surface area contributed by atoms with Crippen LogP contribution in [0, 0.1) is 0 Å². The van der Waals surface area contributed by atoms with Gasteiger partial charge in [0.05, 0.1) is 32.8 Å². The van der Waals surface area contributed by atoms with E-state index in [1.807, 2.05) is 36.4 Å². The van der Waals surface area contributed by atoms with Crippen LogP contribution in [0.15, 0.2) is 60.7 Å². The Kier molecular flexibility index (Phi) is 8.67. The van der Waals surface area contributed by atoms with E-state index in [9.17, 15) is 9.90 Å². The Balaban J connectivity index is 0.00000300. The maximum absolute atomic E-state index is 13.0. The van der Waals surface area contributed by atoms with Crippen LogP contribution in [0.25, 0.3) is 0 Å². The molecule has 0 spiro atoms. The van der Waals surface area contributed by atoms with Crippen molar-refractivity contribution in [1.82, 2.24) is 0 Å². The molecule has 0 bridgehead atoms. The minimum Gasteiger partial charge on any atom is -1.00 e. The van der Waals surface area contributed by atoms with Gasteiger partial charge in [-0.1, -0.05) is 67.6 Å². The maximum Gasteiger partial charge on any atom is 0.347 e. The summed E-state index contributed by atoms with van der Waals surface area (Å²) in [4.78, 5) is 13.0. The van der Waals surface area contributed by atoms with Gasteiger partial charge in [0.2, 0.25) is 5.60 Å². The molecule has 2 aromatic carbocycles. The molecule has 0 aliphatic carbocycles. The molecule has 0 aromatic heterocycles. The van der Waals surface area contributed by atoms with E-state index in [0.29, 0.717) is 23.8 Å². The van der Waals surface area contributed by atoms with Gasteiger partial charge in [-0.25, -0.2) is 4.79 Å². The van der Waals surface area contributed by atoms with Gasteiger partial charge in [-0.3, -0.25) is 0 Å². The summed E-state index contributed by atoms with van der Waals surface area (Å²) in [6.07, 6.45) is 4.40. The van der Waals surface area contributed by atoms with Crippen LogP contribution < -0.4 is 24.0 Å². The fraction of sp³-hybridized carbons (Fsp3) is 0.458. The molecule has 29 heavy (non-hydrogen) atoms. The lowest BCUT2D eigenvalue weighted by Crippen LogP contribution is -3.00. The summed E-state index contributed by atoms with van der Waals surface area (Å²) in [7, 11) is 2.31. The first-order valence-corrected chi connectivity index (χ1v) is 10.4. The number of carbonyl (C=O) groups excluding carboxylic acids is 1. The van der Waals surface area contributed by atoms with Crippen LogP contribution in [-0.4, -0.2) is 48.3 Å². The fourth-order valence-electron chi connectivity index (χ4n) is 4.60. The van der Waals surface area contributed by atoms with Crippen molar-refractivity contribution in [2.75, 3.05) is 26.7 Å². The van der Waals surface area contributed by atoms with Crippen molar-refractivity contribution < 1.29 is 43.1 Å². The molecule has 2 unspecified atom stereocenters. The highest BCUT2D eigenvalue weighted by Gasteiger charge is 2.42. The molecule has 1 fully saturated rings. The van der Waals surface area contributed by atoms with Crippen molar-refractivity contribution in [1.29, 1.82) is 0 Å². The Morgan fingerprint density at radius 1 is 1.10 bits per heavy atom. The highest BCUT2D eigenvalue weighted by Crippen LogP contribution is 2.32. The number of halogens is 1. The van der Waals surface area contributed by atoms with Crippen molar-refractivity contribution in [3.8, 4) is 0 Å². The Morgan fingerprint density at radius 2 is 1.66 bits per heavy atom. The largest absolute Gasteiger partial charge is 1.00 e. The zero-order valence-electron chi connectivity index (χ0n) is 17.4. The summed E-state index contributed by atoms with van der Waals surface area (Å²) in [6.45, 7) is 4.92. The third-order valence-electron chi connectivity index (χ3n) is 6.19. The number of rotatable bonds is 8. The van der Waals surface area contributed by atoms with Crippen LogP contribution >= 0.6 is 0 Å². The van der Waals surface area contributed by atoms with Crippen LogP contribution in [0.4, 0.5) is 0 Å². The summed E-state index contributed by atoms with van der Waals surface area (Å²) in [5.41, 5.74) is -0.739. The first-order valence-electron chi connectivity index (χ1n) is 10.4. The van der Waals surface area contributed by atoms with E-state index in [2.05, 4.69) is 14.0 Å². The van der Waals surface area contributed by atoms with E-state index in [4.69, 9.17) is 4.74 Å². The average molecular weight is 509 g/mol. The molecular formula is C24H32INO3. The molecule has 0 amide bonds. The molecule has 0 saturated carbocycles. The van der Waals surface area contributed by atoms with Gasteiger partial charge < -0.3 is 38.3 Å². The molecule has 1 saturated heterocycles. The second-order valence-electron chi connectivity index (χ2n) is 8.09. The van der Waals surface area contributed by atoms with E-state index >= 15 is 0 Å². The highest BCUT2D eigenvalue weighted by molar-refractivity contribution is 5.85. The molecule has 1 N–H and O–H groups in total. The second-order valence-corrected chi connectivity index (χ2v) is 8.09. The molecule has 4 nitrogen and oxygen atoms in total. The van der Waals surface area contributed by atoms with Crippen molar-refractivity contribution in [3.05, 3.63) is 71.8 Å². The first-order chi connectivity index (χ1) is 13.5. The smallest absolute Gasteiger partial charge is 0.347 e. The quantitative estimate of drug-likeness (QED) is 0.327. The Bertz CT molecular complexity index is 729. The molecule has 1 aliphatic heterocycles. The van der Waals surface area contributed by atoms with Gasteiger partial charge in [-0.05, 0) is 17.5 Å². The number of likely N-dealkylation sites (tertiary alicyclic amines) is 1. The highest BCUT2D eigenvalue weighted by atomic mass is 127. The number of quaternary nitrogens is 1. The third-order valence-corrected chi connectivity index (χ3v) is 6.19. The number of benzene rings is 2. The summed E-state index contributed by atoms with van der Waals surface area (Å²) in [5.74, 6) is -0.604. The third kappa shape index (κ3) is 5.19. The Hall–Kier alpha value is -1.44. The van der Waals surface area contributed by atoms with Crippen molar-refractivity contribution in [2.24, 2.45) is 0 Å². The second kappa shape index (κ2) is 10.5. The van der Waals surface area contributed by atoms with E-state index < -0.39 is 11.6 Å². The molecule has 1 aliphatic rings. The number of nitrogens with zero attached hydrogens (tertiary/aromatic N) is 1. The summed E-state index contributed by atoms with van der Waals surface area (Å²) in [6, 6.07) is 18.6. The van der Waals surface area contributed by atoms with Gasteiger partial charge in [0.25, 0.3) is 0 Å². The van der Waals surface area contributed by atoms with Crippen molar-refractivity contribution in [2.45, 2.75) is 44.2 Å². The van der Waals surface area contributed by atoms with Gasteiger partial charge in [-0.2, -0.15) is 0 Å². The molecule has 2 aromatic rings. The number of ether oxygens (including phenoxy) is 1. The summed E-state index contributed by atoms with van der Waals surface area (Å²) >= 11 is 0. The SMILES string of the molecule is CCC[N+]1(C)CCCC1CCOC(=O)C(O)(c1ccccc1)c1ccccc1.[I-]. The number of esters is 1. The number of aliphatic hydroxyl groups is 1. The summed E-state index contributed by atoms with van der Waals surface area (Å²) < 4.78 is 6.72. The van der Waals surface area contributed by atoms with Crippen molar-refractivity contribution in [3.63, 3.8) is 0 Å². The molecule has 1 heterocycles. The zero-order valence-corrected chi connectivity index (χ0v) is 19.5. The summed E-state index contributed by atoms with van der Waals surface area (Å²) in [5, 5.41) is 11.4. The average Bonchev–Trinajstić information content (AvgIpc) is 3.09. The molecule has 0 radical (unpaired) electrons. The van der Waals surface area contributed by atoms with Crippen LogP contribution in [-0.2, 0) is 15.1 Å². The van der Waals surface area contributed by atoms with Crippen LogP contribution in [0.1, 0.15) is 43.7 Å². The number of carbonyl (C=O) groups is 1. The minimum atomic E-state index is -1.79. The number of hydrogen-bond donors (Lipinski definition) is 1. The van der Waals surface area contributed by atoms with Crippen LogP contribution in [0.2, 0.25) is 0 Å². The maximum atomic E-state index is 13.0. The normalized spacial score (nSPS) is 21.4. The predicted molar refractivity (Wildman–Crippen MR) is 111 cm³/mol. The minimum absolute atomic E-state index is 0. The molecule has 5 heteroatoms. The van der Waals surface area contributed by atoms with Gasteiger partial charge in [0.15, 0.2) is 0 Å². The number of hydrogen-bond acceptors (Lipinski definition) is 3. The van der Waals surface area contributed by atoms with Gasteiger partial charge in [-0.15, -0.1) is 0 Å². The standard InChI is InChI=1S/C24H32NO3.HI/c1-3-17-25(2)18-10-15-22(25)16-19-28-23(26)24(27,20-11-6-4-7-12-20)21-13-8-5-9-14-21;/h4-9,11-14,22,27H,3,10,15-19H2,1-2H3;1H/q+1;/p-1. The van der Waals surface area contributed by atoms with E-state index in [-0.39, 0.29) is 24.0 Å². The topological polar surface area (TPSA) is 46.5 Å². The zero-order chi connectivity index (χ0) is 20.0. The van der Waals surface area contributed by atoms with Crippen LogP contribution in [0.3, 0.4) is 0 Å². The Morgan fingerprint density at radius 3 is 2.17 bits per heavy atom. The van der Waals surface area contributed by atoms with E-state index in [1.54, 1.807) is 24.3 Å². The molecule has 3 rings (SSSR count). The van der Waals surface area contributed by atoms with Gasteiger partial charge in [0, 0.05) is 19.3 Å². The Labute approximate surface area is 191 Å². The lowest BCUT2D eigenvalue weighted by Gasteiger charge is -2.36. The van der Waals surface area contributed by atoms with E-state index in [0.717, 1.165) is 23.9 Å².